The zero-order chi connectivity index (χ0) is 12.7. The number of aromatic nitrogens is 2. The SMILES string of the molecule is CCCC(NCc1cnc(NC)nc1)C(=O)O. The van der Waals surface area contributed by atoms with Gasteiger partial charge in [-0.3, -0.25) is 4.79 Å². The van der Waals surface area contributed by atoms with E-state index in [1.54, 1.807) is 19.4 Å². The summed E-state index contributed by atoms with van der Waals surface area (Å²) in [7, 11) is 1.75. The molecule has 0 aromatic carbocycles. The topological polar surface area (TPSA) is 87.1 Å². The van der Waals surface area contributed by atoms with Gasteiger partial charge in [0, 0.05) is 31.5 Å². The van der Waals surface area contributed by atoms with Gasteiger partial charge in [0.1, 0.15) is 6.04 Å². The van der Waals surface area contributed by atoms with Crippen LogP contribution in [0.2, 0.25) is 0 Å². The lowest BCUT2D eigenvalue weighted by Gasteiger charge is -2.13. The Labute approximate surface area is 100 Å². The van der Waals surface area contributed by atoms with Crippen LogP contribution in [0.25, 0.3) is 0 Å². The first kappa shape index (κ1) is 13.4. The van der Waals surface area contributed by atoms with Crippen molar-refractivity contribution in [2.45, 2.75) is 32.4 Å². The molecule has 0 fully saturated rings. The molecule has 0 aliphatic rings. The van der Waals surface area contributed by atoms with Crippen molar-refractivity contribution in [3.05, 3.63) is 18.0 Å². The van der Waals surface area contributed by atoms with Crippen LogP contribution in [0.1, 0.15) is 25.3 Å². The summed E-state index contributed by atoms with van der Waals surface area (Å²) in [5.74, 6) is -0.267. The number of rotatable bonds is 7. The molecule has 1 rings (SSSR count). The highest BCUT2D eigenvalue weighted by Crippen LogP contribution is 2.02. The average Bonchev–Trinajstić information content (AvgIpc) is 2.34. The first-order valence-electron chi connectivity index (χ1n) is 5.62. The Hall–Kier alpha value is -1.69. The monoisotopic (exact) mass is 238 g/mol. The van der Waals surface area contributed by atoms with E-state index in [-0.39, 0.29) is 0 Å². The van der Waals surface area contributed by atoms with Gasteiger partial charge in [-0.05, 0) is 6.42 Å². The molecule has 0 amide bonds. The standard InChI is InChI=1S/C11H18N4O2/c1-3-4-9(10(16)17)13-5-8-6-14-11(12-2)15-7-8/h6-7,9,13H,3-5H2,1-2H3,(H,16,17)(H,12,14,15). The van der Waals surface area contributed by atoms with E-state index in [1.807, 2.05) is 6.92 Å². The minimum Gasteiger partial charge on any atom is -0.480 e. The molecule has 3 N–H and O–H groups in total. The summed E-state index contributed by atoms with van der Waals surface area (Å²) in [5.41, 5.74) is 0.867. The second-order valence-corrected chi connectivity index (χ2v) is 3.73. The molecule has 0 bridgehead atoms. The minimum absolute atomic E-state index is 0.459. The molecular formula is C11H18N4O2. The normalized spacial score (nSPS) is 12.1. The molecule has 0 aliphatic carbocycles. The quantitative estimate of drug-likeness (QED) is 0.653. The van der Waals surface area contributed by atoms with Crippen molar-refractivity contribution in [1.82, 2.24) is 15.3 Å². The smallest absolute Gasteiger partial charge is 0.320 e. The van der Waals surface area contributed by atoms with E-state index < -0.39 is 12.0 Å². The summed E-state index contributed by atoms with van der Waals surface area (Å²) < 4.78 is 0. The molecule has 1 aromatic heterocycles. The van der Waals surface area contributed by atoms with Crippen molar-refractivity contribution in [3.8, 4) is 0 Å². The molecule has 1 unspecified atom stereocenters. The van der Waals surface area contributed by atoms with Crippen molar-refractivity contribution in [2.75, 3.05) is 12.4 Å². The van der Waals surface area contributed by atoms with Crippen LogP contribution < -0.4 is 10.6 Å². The van der Waals surface area contributed by atoms with Gasteiger partial charge in [0.15, 0.2) is 0 Å². The number of nitrogens with one attached hydrogen (secondary N) is 2. The van der Waals surface area contributed by atoms with Gasteiger partial charge < -0.3 is 15.7 Å². The van der Waals surface area contributed by atoms with E-state index in [2.05, 4.69) is 20.6 Å². The highest BCUT2D eigenvalue weighted by Gasteiger charge is 2.15. The Balaban J connectivity index is 2.50. The van der Waals surface area contributed by atoms with Crippen molar-refractivity contribution in [2.24, 2.45) is 0 Å². The van der Waals surface area contributed by atoms with E-state index in [9.17, 15) is 4.79 Å². The Morgan fingerprint density at radius 1 is 1.47 bits per heavy atom. The predicted molar refractivity (Wildman–Crippen MR) is 64.8 cm³/mol. The van der Waals surface area contributed by atoms with Gasteiger partial charge in [-0.25, -0.2) is 9.97 Å². The maximum Gasteiger partial charge on any atom is 0.320 e. The number of hydrogen-bond donors (Lipinski definition) is 3. The molecule has 94 valence electrons. The van der Waals surface area contributed by atoms with E-state index in [1.165, 1.54) is 0 Å². The summed E-state index contributed by atoms with van der Waals surface area (Å²) in [6.07, 6.45) is 4.80. The third-order valence-corrected chi connectivity index (χ3v) is 2.36. The maximum atomic E-state index is 10.9. The van der Waals surface area contributed by atoms with Gasteiger partial charge >= 0.3 is 5.97 Å². The molecule has 1 heterocycles. The van der Waals surface area contributed by atoms with Gasteiger partial charge in [-0.15, -0.1) is 0 Å². The van der Waals surface area contributed by atoms with Gasteiger partial charge in [-0.1, -0.05) is 13.3 Å². The zero-order valence-electron chi connectivity index (χ0n) is 10.1. The lowest BCUT2D eigenvalue weighted by molar-refractivity contribution is -0.139. The van der Waals surface area contributed by atoms with Crippen molar-refractivity contribution in [1.29, 1.82) is 0 Å². The van der Waals surface area contributed by atoms with Crippen LogP contribution in [0.4, 0.5) is 5.95 Å². The highest BCUT2D eigenvalue weighted by molar-refractivity contribution is 5.73. The molecule has 6 heteroatoms. The van der Waals surface area contributed by atoms with E-state index in [4.69, 9.17) is 5.11 Å². The summed E-state index contributed by atoms with van der Waals surface area (Å²) in [6.45, 7) is 2.42. The van der Waals surface area contributed by atoms with Gasteiger partial charge in [-0.2, -0.15) is 0 Å². The summed E-state index contributed by atoms with van der Waals surface area (Å²) in [4.78, 5) is 19.0. The second-order valence-electron chi connectivity index (χ2n) is 3.73. The summed E-state index contributed by atoms with van der Waals surface area (Å²) >= 11 is 0. The highest BCUT2D eigenvalue weighted by atomic mass is 16.4. The minimum atomic E-state index is -0.820. The number of carboxylic acids is 1. The maximum absolute atomic E-state index is 10.9. The zero-order valence-corrected chi connectivity index (χ0v) is 10.1. The van der Waals surface area contributed by atoms with E-state index >= 15 is 0 Å². The molecular weight excluding hydrogens is 220 g/mol. The molecule has 17 heavy (non-hydrogen) atoms. The Morgan fingerprint density at radius 2 is 2.12 bits per heavy atom. The first-order chi connectivity index (χ1) is 8.17. The molecule has 6 nitrogen and oxygen atoms in total. The van der Waals surface area contributed by atoms with Crippen molar-refractivity contribution >= 4 is 11.9 Å². The van der Waals surface area contributed by atoms with Crippen LogP contribution in [-0.4, -0.2) is 34.1 Å². The van der Waals surface area contributed by atoms with Crippen LogP contribution in [0, 0.1) is 0 Å². The molecule has 0 saturated heterocycles. The van der Waals surface area contributed by atoms with Crippen LogP contribution in [0.15, 0.2) is 12.4 Å². The van der Waals surface area contributed by atoms with Crippen LogP contribution in [0.5, 0.6) is 0 Å². The molecule has 0 spiro atoms. The second kappa shape index (κ2) is 6.80. The molecule has 0 radical (unpaired) electrons. The number of hydrogen-bond acceptors (Lipinski definition) is 5. The number of carboxylic acid groups (broad SMARTS) is 1. The number of carbonyl (C=O) groups is 1. The Morgan fingerprint density at radius 3 is 2.59 bits per heavy atom. The van der Waals surface area contributed by atoms with Gasteiger partial charge in [0.05, 0.1) is 0 Å². The van der Waals surface area contributed by atoms with Crippen molar-refractivity contribution in [3.63, 3.8) is 0 Å². The number of nitrogens with zero attached hydrogens (tertiary/aromatic N) is 2. The van der Waals surface area contributed by atoms with E-state index in [0.717, 1.165) is 12.0 Å². The third-order valence-electron chi connectivity index (χ3n) is 2.36. The van der Waals surface area contributed by atoms with Crippen LogP contribution in [-0.2, 0) is 11.3 Å². The fraction of sp³-hybridized carbons (Fsp3) is 0.545. The van der Waals surface area contributed by atoms with Crippen LogP contribution >= 0.6 is 0 Å². The third kappa shape index (κ3) is 4.36. The van der Waals surface area contributed by atoms with Gasteiger partial charge in [0.25, 0.3) is 0 Å². The Kier molecular flexibility index (Phi) is 5.35. The fourth-order valence-corrected chi connectivity index (χ4v) is 1.42. The molecule has 1 atom stereocenters. The fourth-order valence-electron chi connectivity index (χ4n) is 1.42. The molecule has 0 aliphatic heterocycles. The lowest BCUT2D eigenvalue weighted by Crippen LogP contribution is -2.36. The molecule has 0 saturated carbocycles. The van der Waals surface area contributed by atoms with Gasteiger partial charge in [0.2, 0.25) is 5.95 Å². The number of anilines is 1. The Bertz CT molecular complexity index is 353. The predicted octanol–water partition coefficient (Wildman–Crippen LogP) is 0.861. The first-order valence-corrected chi connectivity index (χ1v) is 5.62. The lowest BCUT2D eigenvalue weighted by atomic mass is 10.1. The van der Waals surface area contributed by atoms with Crippen LogP contribution in [0.3, 0.4) is 0 Å². The summed E-state index contributed by atoms with van der Waals surface area (Å²) in [6, 6.07) is -0.510. The van der Waals surface area contributed by atoms with E-state index in [0.29, 0.717) is 18.9 Å². The van der Waals surface area contributed by atoms with Crippen molar-refractivity contribution < 1.29 is 9.90 Å². The summed E-state index contributed by atoms with van der Waals surface area (Å²) in [5, 5.41) is 14.8. The number of aliphatic carboxylic acids is 1. The molecule has 1 aromatic rings. The largest absolute Gasteiger partial charge is 0.480 e. The average molecular weight is 238 g/mol.